The molecule has 2 aromatic rings. The van der Waals surface area contributed by atoms with Crippen molar-refractivity contribution in [3.05, 3.63) is 70.5 Å². The summed E-state index contributed by atoms with van der Waals surface area (Å²) in [4.78, 5) is 31.2. The molecule has 1 unspecified atom stereocenters. The molecular weight excluding hydrogens is 383 g/mol. The summed E-state index contributed by atoms with van der Waals surface area (Å²) in [7, 11) is 0. The number of hydrogen-bond donors (Lipinski definition) is 2. The molecule has 0 radical (unpaired) electrons. The van der Waals surface area contributed by atoms with Crippen molar-refractivity contribution in [1.29, 1.82) is 0 Å². The first kappa shape index (κ1) is 20.1. The Bertz CT molecular complexity index is 1000. The smallest absolute Gasteiger partial charge is 0.251 e. The lowest BCUT2D eigenvalue weighted by Crippen LogP contribution is -2.46. The largest absolute Gasteiger partial charge is 0.369 e. The van der Waals surface area contributed by atoms with E-state index in [-0.39, 0.29) is 42.7 Å². The number of guanidine groups is 1. The third-order valence-electron chi connectivity index (χ3n) is 5.63. The van der Waals surface area contributed by atoms with Gasteiger partial charge in [0, 0.05) is 24.1 Å². The third kappa shape index (κ3) is 4.50. The van der Waals surface area contributed by atoms with Crippen molar-refractivity contribution in [3.8, 4) is 0 Å². The summed E-state index contributed by atoms with van der Waals surface area (Å²) in [5.41, 5.74) is 8.82. The SMILES string of the molecule is NC1=NC2CCCCc3ccc(F)c(c3)CNC(=O)c3cccc(c3)CN1C(=O)C2. The van der Waals surface area contributed by atoms with Gasteiger partial charge < -0.3 is 11.1 Å². The van der Waals surface area contributed by atoms with Gasteiger partial charge in [0.1, 0.15) is 5.82 Å². The van der Waals surface area contributed by atoms with Crippen molar-refractivity contribution in [2.45, 2.75) is 51.2 Å². The van der Waals surface area contributed by atoms with Crippen LogP contribution in [0.3, 0.4) is 0 Å². The predicted molar refractivity (Wildman–Crippen MR) is 112 cm³/mol. The van der Waals surface area contributed by atoms with E-state index in [4.69, 9.17) is 5.73 Å². The summed E-state index contributed by atoms with van der Waals surface area (Å²) >= 11 is 0. The van der Waals surface area contributed by atoms with Crippen molar-refractivity contribution in [2.75, 3.05) is 0 Å². The molecule has 30 heavy (non-hydrogen) atoms. The van der Waals surface area contributed by atoms with Crippen LogP contribution in [0.15, 0.2) is 47.5 Å². The Morgan fingerprint density at radius 2 is 1.97 bits per heavy atom. The van der Waals surface area contributed by atoms with Crippen LogP contribution < -0.4 is 11.1 Å². The first-order valence-electron chi connectivity index (χ1n) is 10.3. The highest BCUT2D eigenvalue weighted by molar-refractivity contribution is 5.98. The van der Waals surface area contributed by atoms with Crippen LogP contribution in [0.4, 0.5) is 4.39 Å². The molecular formula is C23H25FN4O2. The van der Waals surface area contributed by atoms with Gasteiger partial charge in [0.05, 0.1) is 12.6 Å². The van der Waals surface area contributed by atoms with E-state index in [1.807, 2.05) is 12.1 Å². The maximum absolute atomic E-state index is 14.2. The fourth-order valence-corrected chi connectivity index (χ4v) is 3.98. The fourth-order valence-electron chi connectivity index (χ4n) is 3.98. The van der Waals surface area contributed by atoms with Crippen LogP contribution in [0.5, 0.6) is 0 Å². The van der Waals surface area contributed by atoms with Crippen LogP contribution in [0.1, 0.15) is 52.7 Å². The molecule has 0 aliphatic carbocycles. The molecule has 3 N–H and O–H groups in total. The number of nitrogens with zero attached hydrogens (tertiary/aromatic N) is 2. The molecule has 0 spiro atoms. The maximum Gasteiger partial charge on any atom is 0.251 e. The number of carbonyl (C=O) groups is 2. The highest BCUT2D eigenvalue weighted by Crippen LogP contribution is 2.20. The zero-order chi connectivity index (χ0) is 21.1. The molecule has 3 heterocycles. The van der Waals surface area contributed by atoms with Gasteiger partial charge in [-0.1, -0.05) is 30.7 Å². The number of carbonyl (C=O) groups excluding carboxylic acids is 2. The molecule has 0 saturated heterocycles. The topological polar surface area (TPSA) is 87.8 Å². The second kappa shape index (κ2) is 8.65. The summed E-state index contributed by atoms with van der Waals surface area (Å²) in [5, 5.41) is 2.79. The minimum absolute atomic E-state index is 0.0494. The Morgan fingerprint density at radius 3 is 2.80 bits per heavy atom. The first-order valence-corrected chi connectivity index (χ1v) is 10.3. The Labute approximate surface area is 175 Å². The average Bonchev–Trinajstić information content (AvgIpc) is 2.73. The van der Waals surface area contributed by atoms with E-state index in [0.29, 0.717) is 17.5 Å². The molecule has 5 rings (SSSR count). The van der Waals surface area contributed by atoms with Gasteiger partial charge in [0.2, 0.25) is 5.91 Å². The molecule has 3 aliphatic rings. The lowest BCUT2D eigenvalue weighted by molar-refractivity contribution is -0.128. The molecule has 2 aromatic carbocycles. The molecule has 6 nitrogen and oxygen atoms in total. The second-order valence-electron chi connectivity index (χ2n) is 7.88. The average molecular weight is 408 g/mol. The van der Waals surface area contributed by atoms with E-state index in [0.717, 1.165) is 36.8 Å². The van der Waals surface area contributed by atoms with Crippen LogP contribution in [0.2, 0.25) is 0 Å². The van der Waals surface area contributed by atoms with Gasteiger partial charge in [0.15, 0.2) is 5.96 Å². The number of aryl methyl sites for hydroxylation is 1. The number of aliphatic imine (C=N–C) groups is 1. The Balaban J connectivity index is 1.63. The fraction of sp³-hybridized carbons (Fsp3) is 0.348. The number of nitrogens with two attached hydrogens (primary N) is 1. The monoisotopic (exact) mass is 408 g/mol. The van der Waals surface area contributed by atoms with E-state index in [1.54, 1.807) is 24.3 Å². The van der Waals surface area contributed by atoms with Crippen molar-refractivity contribution < 1.29 is 14.0 Å². The minimum atomic E-state index is -0.323. The maximum atomic E-state index is 14.2. The normalized spacial score (nSPS) is 20.2. The van der Waals surface area contributed by atoms with Crippen LogP contribution in [0, 0.1) is 5.82 Å². The Kier molecular flexibility index (Phi) is 5.79. The molecule has 156 valence electrons. The number of hydrogen-bond acceptors (Lipinski definition) is 4. The zero-order valence-electron chi connectivity index (χ0n) is 16.7. The van der Waals surface area contributed by atoms with Gasteiger partial charge in [-0.2, -0.15) is 0 Å². The standard InChI is InChI=1S/C23H25FN4O2/c24-20-9-8-15-4-1-2-7-19-12-21(29)28(23(25)27-19)14-16-5-3-6-17(11-16)22(30)26-13-18(20)10-15/h3,5-6,8-11,19H,1-2,4,7,12-14H2,(H2,25,27)(H,26,30). The lowest BCUT2D eigenvalue weighted by Gasteiger charge is -2.29. The van der Waals surface area contributed by atoms with Crippen molar-refractivity contribution in [1.82, 2.24) is 10.2 Å². The highest BCUT2D eigenvalue weighted by atomic mass is 19.1. The summed E-state index contributed by atoms with van der Waals surface area (Å²) in [5.74, 6) is -0.438. The minimum Gasteiger partial charge on any atom is -0.369 e. The second-order valence-corrected chi connectivity index (χ2v) is 7.88. The van der Waals surface area contributed by atoms with Gasteiger partial charge in [-0.15, -0.1) is 0 Å². The summed E-state index contributed by atoms with van der Waals surface area (Å²) < 4.78 is 14.2. The van der Waals surface area contributed by atoms with Gasteiger partial charge in [-0.25, -0.2) is 9.38 Å². The summed E-state index contributed by atoms with van der Waals surface area (Å²) in [6.07, 6.45) is 3.74. The van der Waals surface area contributed by atoms with Crippen LogP contribution in [-0.4, -0.2) is 28.7 Å². The van der Waals surface area contributed by atoms with Gasteiger partial charge in [-0.3, -0.25) is 14.5 Å². The van der Waals surface area contributed by atoms with Crippen LogP contribution >= 0.6 is 0 Å². The lowest BCUT2D eigenvalue weighted by atomic mass is 10.00. The quantitative estimate of drug-likeness (QED) is 0.703. The van der Waals surface area contributed by atoms with E-state index in [1.165, 1.54) is 11.0 Å². The van der Waals surface area contributed by atoms with Crippen LogP contribution in [0.25, 0.3) is 0 Å². The third-order valence-corrected chi connectivity index (χ3v) is 5.63. The molecule has 7 heteroatoms. The number of amides is 2. The summed E-state index contributed by atoms with van der Waals surface area (Å²) in [6, 6.07) is 11.9. The molecule has 2 amide bonds. The molecule has 3 aliphatic heterocycles. The number of fused-ring (bicyclic) bond motifs is 6. The predicted octanol–water partition coefficient (Wildman–Crippen LogP) is 2.90. The number of benzene rings is 2. The van der Waals surface area contributed by atoms with E-state index < -0.39 is 0 Å². The molecule has 0 aromatic heterocycles. The summed E-state index contributed by atoms with van der Waals surface area (Å²) in [6.45, 7) is 0.383. The molecule has 1 atom stereocenters. The van der Waals surface area contributed by atoms with Gasteiger partial charge in [-0.05, 0) is 48.6 Å². The van der Waals surface area contributed by atoms with Crippen molar-refractivity contribution in [3.63, 3.8) is 0 Å². The number of nitrogens with one attached hydrogen (secondary N) is 1. The van der Waals surface area contributed by atoms with Gasteiger partial charge in [0.25, 0.3) is 5.91 Å². The van der Waals surface area contributed by atoms with E-state index in [9.17, 15) is 14.0 Å². The highest BCUT2D eigenvalue weighted by Gasteiger charge is 2.27. The van der Waals surface area contributed by atoms with Crippen molar-refractivity contribution >= 4 is 17.8 Å². The van der Waals surface area contributed by atoms with E-state index in [2.05, 4.69) is 10.3 Å². The number of rotatable bonds is 0. The molecule has 6 bridgehead atoms. The Morgan fingerprint density at radius 1 is 1.10 bits per heavy atom. The van der Waals surface area contributed by atoms with E-state index >= 15 is 0 Å². The molecule has 0 saturated carbocycles. The Hall–Kier alpha value is -3.22. The zero-order valence-corrected chi connectivity index (χ0v) is 16.7. The van der Waals surface area contributed by atoms with Crippen LogP contribution in [-0.2, 0) is 24.3 Å². The first-order chi connectivity index (χ1) is 14.5. The van der Waals surface area contributed by atoms with Crippen molar-refractivity contribution in [2.24, 2.45) is 10.7 Å². The number of halogens is 1. The molecule has 0 fully saturated rings. The van der Waals surface area contributed by atoms with Gasteiger partial charge >= 0.3 is 0 Å².